The van der Waals surface area contributed by atoms with Gasteiger partial charge in [0.25, 0.3) is 0 Å². The van der Waals surface area contributed by atoms with Crippen molar-refractivity contribution in [2.45, 2.75) is 97.2 Å². The summed E-state index contributed by atoms with van der Waals surface area (Å²) in [7, 11) is -1.42. The molecular formula is C25H44O4Si. The highest BCUT2D eigenvalue weighted by atomic mass is 28.3. The van der Waals surface area contributed by atoms with E-state index in [2.05, 4.69) is 39.2 Å². The zero-order valence-corrected chi connectivity index (χ0v) is 21.1. The molecule has 4 nitrogen and oxygen atoms in total. The van der Waals surface area contributed by atoms with E-state index in [1.165, 1.54) is 24.8 Å². The van der Waals surface area contributed by atoms with E-state index in [0.29, 0.717) is 12.5 Å². The van der Waals surface area contributed by atoms with Crippen molar-refractivity contribution in [2.24, 2.45) is 11.3 Å². The molecule has 1 saturated carbocycles. The van der Waals surface area contributed by atoms with Crippen molar-refractivity contribution in [3.63, 3.8) is 0 Å². The van der Waals surface area contributed by atoms with Crippen molar-refractivity contribution in [1.29, 1.82) is 0 Å². The zero-order valence-electron chi connectivity index (χ0n) is 20.1. The topological polar surface area (TPSA) is 44.8 Å². The van der Waals surface area contributed by atoms with Gasteiger partial charge in [0.2, 0.25) is 0 Å². The van der Waals surface area contributed by atoms with Crippen LogP contribution in [0.5, 0.6) is 0 Å². The number of carbonyl (C=O) groups excluding carboxylic acids is 1. The Kier molecular flexibility index (Phi) is 9.83. The average Bonchev–Trinajstić information content (AvgIpc) is 2.67. The Morgan fingerprint density at radius 1 is 1.30 bits per heavy atom. The minimum absolute atomic E-state index is 0.0281. The molecule has 5 heteroatoms. The molecule has 0 radical (unpaired) electrons. The van der Waals surface area contributed by atoms with E-state index in [1.54, 1.807) is 0 Å². The van der Waals surface area contributed by atoms with Crippen LogP contribution in [0.15, 0.2) is 23.8 Å². The predicted octanol–water partition coefficient (Wildman–Crippen LogP) is 6.50. The van der Waals surface area contributed by atoms with Gasteiger partial charge in [0.15, 0.2) is 6.29 Å². The van der Waals surface area contributed by atoms with Gasteiger partial charge in [-0.3, -0.25) is 0 Å². The molecule has 30 heavy (non-hydrogen) atoms. The molecule has 0 aromatic carbocycles. The van der Waals surface area contributed by atoms with Crippen LogP contribution in [0.4, 0.5) is 0 Å². The summed E-state index contributed by atoms with van der Waals surface area (Å²) >= 11 is 0. The molecule has 2 fully saturated rings. The lowest BCUT2D eigenvalue weighted by Gasteiger charge is -2.43. The fourth-order valence-electron chi connectivity index (χ4n) is 4.86. The van der Waals surface area contributed by atoms with Crippen molar-refractivity contribution in [3.8, 4) is 0 Å². The quantitative estimate of drug-likeness (QED) is 0.170. The maximum Gasteiger partial charge on any atom is 0.333 e. The molecule has 0 spiro atoms. The number of esters is 1. The van der Waals surface area contributed by atoms with Crippen molar-refractivity contribution in [3.05, 3.63) is 23.8 Å². The maximum atomic E-state index is 12.6. The lowest BCUT2D eigenvalue weighted by atomic mass is 9.63. The molecule has 0 N–H and O–H groups in total. The van der Waals surface area contributed by atoms with E-state index < -0.39 is 8.07 Å². The first-order chi connectivity index (χ1) is 14.1. The van der Waals surface area contributed by atoms with Gasteiger partial charge >= 0.3 is 5.97 Å². The highest BCUT2D eigenvalue weighted by Crippen LogP contribution is 2.48. The fraction of sp³-hybridized carbons (Fsp3) is 0.800. The molecule has 0 aromatic heterocycles. The normalized spacial score (nSPS) is 28.4. The summed E-state index contributed by atoms with van der Waals surface area (Å²) in [5, 5.41) is 0. The Morgan fingerprint density at radius 3 is 2.70 bits per heavy atom. The summed E-state index contributed by atoms with van der Waals surface area (Å²) < 4.78 is 17.1. The minimum Gasteiger partial charge on any atom is -0.463 e. The van der Waals surface area contributed by atoms with Gasteiger partial charge in [-0.1, -0.05) is 44.8 Å². The summed E-state index contributed by atoms with van der Waals surface area (Å²) in [6.07, 6.45) is 10.8. The number of rotatable bonds is 10. The first-order valence-electron chi connectivity index (χ1n) is 11.9. The van der Waals surface area contributed by atoms with Crippen molar-refractivity contribution >= 4 is 14.0 Å². The molecule has 0 aromatic rings. The van der Waals surface area contributed by atoms with Crippen LogP contribution in [-0.4, -0.2) is 40.2 Å². The van der Waals surface area contributed by atoms with E-state index in [9.17, 15) is 4.79 Å². The highest BCUT2D eigenvalue weighted by Gasteiger charge is 2.38. The SMILES string of the molecule is C=C1CCC[C@](C)(CCOC2CCCCO2)[C@H]1C/C=C(\C[Si](C)(C)C)C(=O)OCC. The molecule has 2 rings (SSSR count). The molecule has 172 valence electrons. The van der Waals surface area contributed by atoms with E-state index in [1.807, 2.05) is 6.92 Å². The Labute approximate surface area is 185 Å². The fourth-order valence-corrected chi connectivity index (χ4v) is 6.29. The van der Waals surface area contributed by atoms with Gasteiger partial charge in [-0.2, -0.15) is 0 Å². The highest BCUT2D eigenvalue weighted by molar-refractivity contribution is 6.77. The molecule has 1 heterocycles. The van der Waals surface area contributed by atoms with Crippen LogP contribution in [0, 0.1) is 11.3 Å². The van der Waals surface area contributed by atoms with Crippen LogP contribution in [-0.2, 0) is 19.0 Å². The van der Waals surface area contributed by atoms with E-state index in [4.69, 9.17) is 14.2 Å². The van der Waals surface area contributed by atoms with Crippen molar-refractivity contribution in [2.75, 3.05) is 19.8 Å². The monoisotopic (exact) mass is 436 g/mol. The van der Waals surface area contributed by atoms with Gasteiger partial charge in [0.1, 0.15) is 0 Å². The smallest absolute Gasteiger partial charge is 0.333 e. The Morgan fingerprint density at radius 2 is 2.07 bits per heavy atom. The molecule has 1 saturated heterocycles. The third-order valence-electron chi connectivity index (χ3n) is 6.55. The summed E-state index contributed by atoms with van der Waals surface area (Å²) in [5.41, 5.74) is 2.34. The third kappa shape index (κ3) is 7.97. The molecule has 2 aliphatic rings. The Balaban J connectivity index is 2.06. The van der Waals surface area contributed by atoms with Gasteiger partial charge in [0.05, 0.1) is 13.2 Å². The second-order valence-corrected chi connectivity index (χ2v) is 16.0. The lowest BCUT2D eigenvalue weighted by Crippen LogP contribution is -2.34. The number of allylic oxidation sites excluding steroid dienone is 2. The summed E-state index contributed by atoms with van der Waals surface area (Å²) in [6.45, 7) is 17.6. The molecule has 1 unspecified atom stereocenters. The molecule has 1 aliphatic carbocycles. The van der Waals surface area contributed by atoms with E-state index >= 15 is 0 Å². The van der Waals surface area contributed by atoms with Crippen LogP contribution in [0.3, 0.4) is 0 Å². The standard InChI is InChI=1S/C25H44O4Si/c1-7-27-24(26)21(19-30(4,5)6)13-14-22-20(2)11-10-15-25(22,3)16-18-29-23-12-8-9-17-28-23/h13,22-23H,2,7-12,14-19H2,1,3-6H3/b21-13+/t22-,23?,25+/m0/s1. The van der Waals surface area contributed by atoms with Crippen molar-refractivity contribution in [1.82, 2.24) is 0 Å². The van der Waals surface area contributed by atoms with Gasteiger partial charge in [-0.05, 0) is 75.7 Å². The first-order valence-corrected chi connectivity index (χ1v) is 15.6. The van der Waals surface area contributed by atoms with Gasteiger partial charge < -0.3 is 14.2 Å². The second kappa shape index (κ2) is 11.6. The second-order valence-electron chi connectivity index (χ2n) is 10.6. The van der Waals surface area contributed by atoms with Crippen LogP contribution in [0.2, 0.25) is 25.7 Å². The van der Waals surface area contributed by atoms with Crippen LogP contribution in [0.25, 0.3) is 0 Å². The van der Waals surface area contributed by atoms with Gasteiger partial charge in [-0.15, -0.1) is 0 Å². The van der Waals surface area contributed by atoms with E-state index in [0.717, 1.165) is 56.9 Å². The Hall–Kier alpha value is -0.913. The molecular weight excluding hydrogens is 392 g/mol. The lowest BCUT2D eigenvalue weighted by molar-refractivity contribution is -0.167. The minimum atomic E-state index is -1.42. The van der Waals surface area contributed by atoms with Crippen molar-refractivity contribution < 1.29 is 19.0 Å². The number of ether oxygens (including phenoxy) is 3. The zero-order chi connectivity index (χ0) is 22.2. The maximum absolute atomic E-state index is 12.6. The van der Waals surface area contributed by atoms with Crippen LogP contribution in [0.1, 0.15) is 65.2 Å². The molecule has 1 aliphatic heterocycles. The summed E-state index contributed by atoms with van der Waals surface area (Å²) in [6, 6.07) is 0.865. The van der Waals surface area contributed by atoms with E-state index in [-0.39, 0.29) is 17.7 Å². The van der Waals surface area contributed by atoms with Gasteiger partial charge in [0, 0.05) is 20.3 Å². The third-order valence-corrected chi connectivity index (χ3v) is 7.99. The predicted molar refractivity (Wildman–Crippen MR) is 126 cm³/mol. The summed E-state index contributed by atoms with van der Waals surface area (Å²) in [5.74, 6) is 0.244. The Bertz CT molecular complexity index is 601. The molecule has 3 atom stereocenters. The molecule has 0 bridgehead atoms. The molecule has 0 amide bonds. The summed E-state index contributed by atoms with van der Waals surface area (Å²) in [4.78, 5) is 12.6. The number of hydrogen-bond acceptors (Lipinski definition) is 4. The number of hydrogen-bond donors (Lipinski definition) is 0. The number of carbonyl (C=O) groups is 1. The van der Waals surface area contributed by atoms with Crippen LogP contribution < -0.4 is 0 Å². The van der Waals surface area contributed by atoms with Gasteiger partial charge in [-0.25, -0.2) is 4.79 Å². The van der Waals surface area contributed by atoms with Crippen LogP contribution >= 0.6 is 0 Å². The first kappa shape index (κ1) is 25.3. The average molecular weight is 437 g/mol. The largest absolute Gasteiger partial charge is 0.463 e.